The van der Waals surface area contributed by atoms with Gasteiger partial charge in [-0.1, -0.05) is 0 Å². The van der Waals surface area contributed by atoms with Gasteiger partial charge < -0.3 is 16.8 Å². The predicted octanol–water partition coefficient (Wildman–Crippen LogP) is -0.824. The number of aliphatic imine (C=N–C) groups is 1. The number of hydrogen-bond acceptors (Lipinski definition) is 2. The van der Waals surface area contributed by atoms with E-state index < -0.39 is 0 Å². The third-order valence-corrected chi connectivity index (χ3v) is 1.39. The summed E-state index contributed by atoms with van der Waals surface area (Å²) in [5.74, 6) is 0.162. The highest BCUT2D eigenvalue weighted by atomic mass is 16.1. The van der Waals surface area contributed by atoms with Crippen LogP contribution >= 0.6 is 0 Å². The highest BCUT2D eigenvalue weighted by Gasteiger charge is 1.95. The molecule has 5 N–H and O–H groups in total. The zero-order valence-electron chi connectivity index (χ0n) is 7.34. The van der Waals surface area contributed by atoms with Crippen molar-refractivity contribution in [3.05, 3.63) is 0 Å². The molecule has 0 heterocycles. The van der Waals surface area contributed by atoms with Crippen molar-refractivity contribution in [2.24, 2.45) is 16.5 Å². The van der Waals surface area contributed by atoms with Gasteiger partial charge >= 0.3 is 0 Å². The molecular formula is C7H16N4O. The monoisotopic (exact) mass is 172 g/mol. The topological polar surface area (TPSA) is 93.5 Å². The predicted molar refractivity (Wildman–Crippen MR) is 48.6 cm³/mol. The third kappa shape index (κ3) is 6.85. The normalized spacial score (nSPS) is 9.08. The number of nitrogens with two attached hydrogens (primary N) is 2. The molecule has 0 atom stereocenters. The number of nitrogens with zero attached hydrogens (tertiary/aromatic N) is 1. The van der Waals surface area contributed by atoms with Crippen LogP contribution in [0.25, 0.3) is 0 Å². The molecule has 0 aromatic rings. The van der Waals surface area contributed by atoms with Gasteiger partial charge in [-0.2, -0.15) is 0 Å². The van der Waals surface area contributed by atoms with E-state index in [0.717, 1.165) is 12.8 Å². The molecule has 0 rings (SSSR count). The van der Waals surface area contributed by atoms with Crippen molar-refractivity contribution in [1.29, 1.82) is 0 Å². The Balaban J connectivity index is 3.22. The fourth-order valence-corrected chi connectivity index (χ4v) is 0.731. The largest absolute Gasteiger partial charge is 0.370 e. The molecule has 0 aromatic carbocycles. The summed E-state index contributed by atoms with van der Waals surface area (Å²) in [6, 6.07) is 0. The SMILES string of the molecule is CNC(=O)CCCCN=C(N)N. The first kappa shape index (κ1) is 10.7. The van der Waals surface area contributed by atoms with Crippen molar-refractivity contribution in [3.63, 3.8) is 0 Å². The molecule has 5 nitrogen and oxygen atoms in total. The number of rotatable bonds is 5. The van der Waals surface area contributed by atoms with Crippen LogP contribution in [0.5, 0.6) is 0 Å². The smallest absolute Gasteiger partial charge is 0.219 e. The van der Waals surface area contributed by atoms with Crippen molar-refractivity contribution in [1.82, 2.24) is 5.32 Å². The summed E-state index contributed by atoms with van der Waals surface area (Å²) >= 11 is 0. The molecule has 0 aromatic heterocycles. The van der Waals surface area contributed by atoms with E-state index in [4.69, 9.17) is 11.5 Å². The van der Waals surface area contributed by atoms with Crippen LogP contribution in [0, 0.1) is 0 Å². The van der Waals surface area contributed by atoms with Gasteiger partial charge in [0.05, 0.1) is 0 Å². The van der Waals surface area contributed by atoms with E-state index in [1.807, 2.05) is 0 Å². The van der Waals surface area contributed by atoms with E-state index in [2.05, 4.69) is 10.3 Å². The second-order valence-electron chi connectivity index (χ2n) is 2.44. The van der Waals surface area contributed by atoms with Crippen molar-refractivity contribution in [2.75, 3.05) is 13.6 Å². The molecule has 0 aliphatic heterocycles. The van der Waals surface area contributed by atoms with Gasteiger partial charge in [-0.15, -0.1) is 0 Å². The van der Waals surface area contributed by atoms with Gasteiger partial charge in [0, 0.05) is 20.0 Å². The zero-order chi connectivity index (χ0) is 9.40. The standard InChI is InChI=1S/C7H16N4O/c1-10-6(12)4-2-3-5-11-7(8)9/h2-5H2,1H3,(H,10,12)(H4,8,9,11). The average molecular weight is 172 g/mol. The van der Waals surface area contributed by atoms with Crippen LogP contribution in [-0.2, 0) is 4.79 Å². The first-order chi connectivity index (χ1) is 5.66. The van der Waals surface area contributed by atoms with E-state index >= 15 is 0 Å². The van der Waals surface area contributed by atoms with E-state index in [9.17, 15) is 4.79 Å². The van der Waals surface area contributed by atoms with E-state index in [1.165, 1.54) is 0 Å². The molecule has 12 heavy (non-hydrogen) atoms. The fraction of sp³-hybridized carbons (Fsp3) is 0.714. The number of carbonyl (C=O) groups excluding carboxylic acids is 1. The van der Waals surface area contributed by atoms with Crippen LogP contribution in [0.4, 0.5) is 0 Å². The number of hydrogen-bond donors (Lipinski definition) is 3. The molecule has 5 heteroatoms. The maximum Gasteiger partial charge on any atom is 0.219 e. The number of carbonyl (C=O) groups is 1. The maximum atomic E-state index is 10.7. The van der Waals surface area contributed by atoms with Gasteiger partial charge in [-0.05, 0) is 12.8 Å². The van der Waals surface area contributed by atoms with Gasteiger partial charge in [0.25, 0.3) is 0 Å². The van der Waals surface area contributed by atoms with Crippen molar-refractivity contribution in [2.45, 2.75) is 19.3 Å². The molecule has 0 saturated carbocycles. The Labute approximate surface area is 72.2 Å². The highest BCUT2D eigenvalue weighted by Crippen LogP contribution is 1.94. The number of amides is 1. The van der Waals surface area contributed by atoms with Crippen LogP contribution in [-0.4, -0.2) is 25.5 Å². The van der Waals surface area contributed by atoms with Crippen LogP contribution in [0.1, 0.15) is 19.3 Å². The molecule has 0 spiro atoms. The Hall–Kier alpha value is -1.26. The molecule has 0 aliphatic carbocycles. The molecule has 0 radical (unpaired) electrons. The van der Waals surface area contributed by atoms with Crippen molar-refractivity contribution < 1.29 is 4.79 Å². The maximum absolute atomic E-state index is 10.7. The highest BCUT2D eigenvalue weighted by molar-refractivity contribution is 5.76. The van der Waals surface area contributed by atoms with E-state index in [-0.39, 0.29) is 11.9 Å². The summed E-state index contributed by atoms with van der Waals surface area (Å²) < 4.78 is 0. The van der Waals surface area contributed by atoms with E-state index in [1.54, 1.807) is 7.05 Å². The Morgan fingerprint density at radius 2 is 2.08 bits per heavy atom. The Kier molecular flexibility index (Phi) is 5.77. The second-order valence-corrected chi connectivity index (χ2v) is 2.44. The lowest BCUT2D eigenvalue weighted by atomic mass is 10.2. The molecular weight excluding hydrogens is 156 g/mol. The zero-order valence-corrected chi connectivity index (χ0v) is 7.34. The summed E-state index contributed by atoms with van der Waals surface area (Å²) in [6.45, 7) is 0.597. The lowest BCUT2D eigenvalue weighted by Crippen LogP contribution is -2.23. The van der Waals surface area contributed by atoms with Gasteiger partial charge in [-0.25, -0.2) is 0 Å². The molecule has 0 aliphatic rings. The number of unbranched alkanes of at least 4 members (excludes halogenated alkanes) is 1. The molecule has 1 amide bonds. The van der Waals surface area contributed by atoms with Crippen molar-refractivity contribution in [3.8, 4) is 0 Å². The number of nitrogens with one attached hydrogen (secondary N) is 1. The minimum absolute atomic E-state index is 0.0553. The Bertz CT molecular complexity index is 163. The summed E-state index contributed by atoms with van der Waals surface area (Å²) in [4.78, 5) is 14.5. The third-order valence-electron chi connectivity index (χ3n) is 1.39. The van der Waals surface area contributed by atoms with Gasteiger partial charge in [0.2, 0.25) is 5.91 Å². The van der Waals surface area contributed by atoms with Gasteiger partial charge in [0.15, 0.2) is 5.96 Å². The summed E-state index contributed by atoms with van der Waals surface area (Å²) in [5, 5.41) is 2.54. The Morgan fingerprint density at radius 3 is 2.58 bits per heavy atom. The summed E-state index contributed by atoms with van der Waals surface area (Å²) in [7, 11) is 1.62. The van der Waals surface area contributed by atoms with Crippen LogP contribution in [0.15, 0.2) is 4.99 Å². The number of guanidine groups is 1. The van der Waals surface area contributed by atoms with Crippen molar-refractivity contribution >= 4 is 11.9 Å². The lowest BCUT2D eigenvalue weighted by Gasteiger charge is -1.97. The second kappa shape index (κ2) is 6.45. The van der Waals surface area contributed by atoms with Crippen LogP contribution < -0.4 is 16.8 Å². The van der Waals surface area contributed by atoms with Crippen LogP contribution in [0.2, 0.25) is 0 Å². The van der Waals surface area contributed by atoms with Gasteiger partial charge in [-0.3, -0.25) is 9.79 Å². The average Bonchev–Trinajstić information content (AvgIpc) is 2.03. The summed E-state index contributed by atoms with van der Waals surface area (Å²) in [5.41, 5.74) is 10.2. The quantitative estimate of drug-likeness (QED) is 0.287. The first-order valence-corrected chi connectivity index (χ1v) is 3.92. The minimum atomic E-state index is 0.0553. The lowest BCUT2D eigenvalue weighted by molar-refractivity contribution is -0.120. The Morgan fingerprint density at radius 1 is 1.42 bits per heavy atom. The molecule has 0 bridgehead atoms. The van der Waals surface area contributed by atoms with Gasteiger partial charge in [0.1, 0.15) is 0 Å². The van der Waals surface area contributed by atoms with E-state index in [0.29, 0.717) is 13.0 Å². The minimum Gasteiger partial charge on any atom is -0.370 e. The molecule has 70 valence electrons. The molecule has 0 saturated heterocycles. The van der Waals surface area contributed by atoms with Crippen LogP contribution in [0.3, 0.4) is 0 Å². The molecule has 0 unspecified atom stereocenters. The molecule has 0 fully saturated rings. The fourth-order valence-electron chi connectivity index (χ4n) is 0.731. The first-order valence-electron chi connectivity index (χ1n) is 3.92. The summed E-state index contributed by atoms with van der Waals surface area (Å²) in [6.07, 6.45) is 2.19.